The van der Waals surface area contributed by atoms with E-state index in [1.165, 1.54) is 18.7 Å². The highest BCUT2D eigenvalue weighted by molar-refractivity contribution is 9.10. The first-order valence-corrected chi connectivity index (χ1v) is 6.09. The molecule has 0 radical (unpaired) electrons. The average Bonchev–Trinajstić information content (AvgIpc) is 2.17. The van der Waals surface area contributed by atoms with Crippen LogP contribution in [0.5, 0.6) is 0 Å². The molecule has 1 nitrogen and oxygen atoms in total. The lowest BCUT2D eigenvalue weighted by atomic mass is 10.2. The molecule has 78 valence electrons. The summed E-state index contributed by atoms with van der Waals surface area (Å²) in [6.07, 6.45) is 0. The molecule has 1 atom stereocenters. The van der Waals surface area contributed by atoms with E-state index in [0.29, 0.717) is 5.75 Å². The highest BCUT2D eigenvalue weighted by Crippen LogP contribution is 2.25. The Bertz CT molecular complexity index is 287. The van der Waals surface area contributed by atoms with Crippen LogP contribution < -0.4 is 5.73 Å². The molecule has 0 aromatic heterocycles. The van der Waals surface area contributed by atoms with Crippen molar-refractivity contribution in [3.63, 3.8) is 0 Å². The Hall–Kier alpha value is -0.0600. The molecule has 0 aliphatic heterocycles. The summed E-state index contributed by atoms with van der Waals surface area (Å²) < 4.78 is 14.5. The van der Waals surface area contributed by atoms with Gasteiger partial charge in [0.1, 0.15) is 5.67 Å². The topological polar surface area (TPSA) is 26.0 Å². The van der Waals surface area contributed by atoms with Gasteiger partial charge in [0.25, 0.3) is 0 Å². The fourth-order valence-corrected chi connectivity index (χ4v) is 2.00. The van der Waals surface area contributed by atoms with Gasteiger partial charge in [-0.2, -0.15) is 0 Å². The minimum atomic E-state index is -1.28. The molecule has 1 aromatic carbocycles. The van der Waals surface area contributed by atoms with Crippen molar-refractivity contribution in [1.82, 2.24) is 0 Å². The highest BCUT2D eigenvalue weighted by Gasteiger charge is 2.20. The number of benzene rings is 1. The zero-order valence-electron chi connectivity index (χ0n) is 7.97. The quantitative estimate of drug-likeness (QED) is 0.856. The van der Waals surface area contributed by atoms with Gasteiger partial charge in [0.15, 0.2) is 0 Å². The second-order valence-corrected chi connectivity index (χ2v) is 5.32. The van der Waals surface area contributed by atoms with Crippen LogP contribution in [0.2, 0.25) is 0 Å². The smallest absolute Gasteiger partial charge is 0.129 e. The van der Waals surface area contributed by atoms with Crippen molar-refractivity contribution in [2.75, 3.05) is 12.3 Å². The average molecular weight is 278 g/mol. The van der Waals surface area contributed by atoms with Crippen molar-refractivity contribution < 1.29 is 4.39 Å². The normalized spacial score (nSPS) is 15.1. The first-order valence-electron chi connectivity index (χ1n) is 4.31. The van der Waals surface area contributed by atoms with E-state index >= 15 is 0 Å². The van der Waals surface area contributed by atoms with E-state index in [0.717, 1.165) is 9.37 Å². The standard InChI is InChI=1S/C10H13BrFNS/c1-10(12,6-13)7-14-9-4-2-8(11)3-5-9/h2-5H,6-7,13H2,1H3. The van der Waals surface area contributed by atoms with Gasteiger partial charge in [-0.3, -0.25) is 0 Å². The molecule has 0 spiro atoms. The van der Waals surface area contributed by atoms with Gasteiger partial charge in [0.2, 0.25) is 0 Å². The molecule has 0 bridgehead atoms. The summed E-state index contributed by atoms with van der Waals surface area (Å²) in [5.41, 5.74) is 4.02. The van der Waals surface area contributed by atoms with Crippen molar-refractivity contribution in [3.05, 3.63) is 28.7 Å². The van der Waals surface area contributed by atoms with Gasteiger partial charge in [-0.05, 0) is 31.2 Å². The largest absolute Gasteiger partial charge is 0.328 e. The van der Waals surface area contributed by atoms with Crippen molar-refractivity contribution in [3.8, 4) is 0 Å². The molecule has 0 amide bonds. The Balaban J connectivity index is 2.50. The predicted molar refractivity (Wildman–Crippen MR) is 63.4 cm³/mol. The van der Waals surface area contributed by atoms with Gasteiger partial charge in [0.05, 0.1) is 0 Å². The molecule has 0 aliphatic carbocycles. The molecule has 0 saturated heterocycles. The minimum absolute atomic E-state index is 0.0660. The van der Waals surface area contributed by atoms with Crippen molar-refractivity contribution in [2.45, 2.75) is 17.5 Å². The highest BCUT2D eigenvalue weighted by atomic mass is 79.9. The fraction of sp³-hybridized carbons (Fsp3) is 0.400. The van der Waals surface area contributed by atoms with Crippen LogP contribution >= 0.6 is 27.7 Å². The zero-order chi connectivity index (χ0) is 10.6. The maximum atomic E-state index is 13.4. The summed E-state index contributed by atoms with van der Waals surface area (Å²) >= 11 is 4.83. The van der Waals surface area contributed by atoms with Crippen molar-refractivity contribution >= 4 is 27.7 Å². The Morgan fingerprint density at radius 3 is 2.50 bits per heavy atom. The number of rotatable bonds is 4. The zero-order valence-corrected chi connectivity index (χ0v) is 10.4. The maximum Gasteiger partial charge on any atom is 0.129 e. The van der Waals surface area contributed by atoms with Crippen LogP contribution in [0.15, 0.2) is 33.6 Å². The van der Waals surface area contributed by atoms with Crippen molar-refractivity contribution in [2.24, 2.45) is 5.73 Å². The lowest BCUT2D eigenvalue weighted by molar-refractivity contribution is 0.234. The van der Waals surface area contributed by atoms with E-state index in [4.69, 9.17) is 5.73 Å². The second-order valence-electron chi connectivity index (χ2n) is 3.36. The van der Waals surface area contributed by atoms with E-state index in [1.54, 1.807) is 0 Å². The third-order valence-corrected chi connectivity index (χ3v) is 3.66. The molecule has 0 aliphatic rings. The SMILES string of the molecule is CC(F)(CN)CSc1ccc(Br)cc1. The summed E-state index contributed by atoms with van der Waals surface area (Å²) in [5, 5.41) is 0. The van der Waals surface area contributed by atoms with Crippen LogP contribution in [0.4, 0.5) is 4.39 Å². The lowest BCUT2D eigenvalue weighted by Gasteiger charge is -2.16. The van der Waals surface area contributed by atoms with E-state index in [-0.39, 0.29) is 6.54 Å². The van der Waals surface area contributed by atoms with E-state index < -0.39 is 5.67 Å². The van der Waals surface area contributed by atoms with Gasteiger partial charge in [0, 0.05) is 21.7 Å². The molecule has 0 fully saturated rings. The molecular weight excluding hydrogens is 265 g/mol. The second kappa shape index (κ2) is 5.14. The minimum Gasteiger partial charge on any atom is -0.328 e. The maximum absolute atomic E-state index is 13.4. The number of hydrogen-bond donors (Lipinski definition) is 1. The summed E-state index contributed by atoms with van der Waals surface area (Å²) in [7, 11) is 0. The van der Waals surface area contributed by atoms with E-state index in [1.807, 2.05) is 24.3 Å². The van der Waals surface area contributed by atoms with Crippen LogP contribution in [0.25, 0.3) is 0 Å². The number of halogens is 2. The molecule has 0 heterocycles. The summed E-state index contributed by atoms with van der Waals surface area (Å²) in [4.78, 5) is 1.06. The third kappa shape index (κ3) is 3.98. The number of nitrogens with two attached hydrogens (primary N) is 1. The molecule has 1 aromatic rings. The summed E-state index contributed by atoms with van der Waals surface area (Å²) in [6, 6.07) is 7.81. The van der Waals surface area contributed by atoms with Gasteiger partial charge in [-0.15, -0.1) is 11.8 Å². The van der Waals surface area contributed by atoms with Crippen LogP contribution in [0, 0.1) is 0 Å². The third-order valence-electron chi connectivity index (χ3n) is 1.78. The first-order chi connectivity index (χ1) is 6.53. The van der Waals surface area contributed by atoms with E-state index in [9.17, 15) is 4.39 Å². The van der Waals surface area contributed by atoms with Gasteiger partial charge < -0.3 is 5.73 Å². The van der Waals surface area contributed by atoms with Crippen LogP contribution in [-0.4, -0.2) is 18.0 Å². The Morgan fingerprint density at radius 2 is 2.00 bits per heavy atom. The Kier molecular flexibility index (Phi) is 4.41. The predicted octanol–water partition coefficient (Wildman–Crippen LogP) is 3.23. The Morgan fingerprint density at radius 1 is 1.43 bits per heavy atom. The van der Waals surface area contributed by atoms with Gasteiger partial charge in [-0.25, -0.2) is 4.39 Å². The van der Waals surface area contributed by atoms with Crippen LogP contribution in [0.3, 0.4) is 0 Å². The van der Waals surface area contributed by atoms with Gasteiger partial charge >= 0.3 is 0 Å². The Labute approximate surface area is 96.4 Å². The molecule has 1 unspecified atom stereocenters. The van der Waals surface area contributed by atoms with Crippen LogP contribution in [-0.2, 0) is 0 Å². The monoisotopic (exact) mass is 277 g/mol. The molecule has 14 heavy (non-hydrogen) atoms. The number of hydrogen-bond acceptors (Lipinski definition) is 2. The molecule has 0 saturated carbocycles. The first kappa shape index (κ1) is 12.0. The molecular formula is C10H13BrFNS. The number of thioether (sulfide) groups is 1. The molecule has 4 heteroatoms. The molecule has 2 N–H and O–H groups in total. The van der Waals surface area contributed by atoms with E-state index in [2.05, 4.69) is 15.9 Å². The fourth-order valence-electron chi connectivity index (χ4n) is 0.824. The van der Waals surface area contributed by atoms with Gasteiger partial charge in [-0.1, -0.05) is 15.9 Å². The molecule has 1 rings (SSSR count). The lowest BCUT2D eigenvalue weighted by Crippen LogP contribution is -2.31. The summed E-state index contributed by atoms with van der Waals surface area (Å²) in [6.45, 7) is 1.59. The van der Waals surface area contributed by atoms with Crippen LogP contribution in [0.1, 0.15) is 6.92 Å². The number of alkyl halides is 1. The summed E-state index contributed by atoms with van der Waals surface area (Å²) in [5.74, 6) is 0.394. The van der Waals surface area contributed by atoms with Crippen molar-refractivity contribution in [1.29, 1.82) is 0 Å².